The number of aldehydes is 1. The Morgan fingerprint density at radius 2 is 1.73 bits per heavy atom. The summed E-state index contributed by atoms with van der Waals surface area (Å²) in [5, 5.41) is 6.54. The average Bonchev–Trinajstić information content (AvgIpc) is 2.64. The third kappa shape index (κ3) is 4.20. The summed E-state index contributed by atoms with van der Waals surface area (Å²) in [6, 6.07) is 18.8. The molecule has 0 aliphatic heterocycles. The molecule has 0 aromatic heterocycles. The lowest BCUT2D eigenvalue weighted by atomic mass is 10.1. The Kier molecular flexibility index (Phi) is 5.20. The number of nitrogen functional groups attached to an aromatic ring is 1. The molecule has 130 valence electrons. The molecule has 0 aliphatic rings. The van der Waals surface area contributed by atoms with Crippen LogP contribution in [0.15, 0.2) is 66.7 Å². The minimum Gasteiger partial charge on any atom is -0.397 e. The van der Waals surface area contributed by atoms with Gasteiger partial charge in [-0.2, -0.15) is 0 Å². The Balaban J connectivity index is 1.79. The fourth-order valence-electron chi connectivity index (χ4n) is 2.38. The van der Waals surface area contributed by atoms with E-state index >= 15 is 0 Å². The lowest BCUT2D eigenvalue weighted by Gasteiger charge is -2.12. The van der Waals surface area contributed by atoms with Crippen LogP contribution >= 0.6 is 11.6 Å². The molecule has 0 saturated heterocycles. The zero-order valence-electron chi connectivity index (χ0n) is 13.7. The highest BCUT2D eigenvalue weighted by molar-refractivity contribution is 6.30. The van der Waals surface area contributed by atoms with Gasteiger partial charge in [-0.05, 0) is 60.7 Å². The number of benzene rings is 3. The van der Waals surface area contributed by atoms with E-state index in [1.54, 1.807) is 54.6 Å². The zero-order valence-corrected chi connectivity index (χ0v) is 14.5. The minimum absolute atomic E-state index is 0.280. The molecule has 3 rings (SSSR count). The summed E-state index contributed by atoms with van der Waals surface area (Å²) in [4.78, 5) is 23.2. The van der Waals surface area contributed by atoms with Crippen LogP contribution < -0.4 is 16.4 Å². The van der Waals surface area contributed by atoms with Crippen LogP contribution in [0.2, 0.25) is 5.02 Å². The summed E-state index contributed by atoms with van der Waals surface area (Å²) in [6.45, 7) is 0. The largest absolute Gasteiger partial charge is 0.397 e. The van der Waals surface area contributed by atoms with E-state index < -0.39 is 0 Å². The van der Waals surface area contributed by atoms with Crippen molar-refractivity contribution in [2.75, 3.05) is 16.4 Å². The molecule has 3 aromatic carbocycles. The van der Waals surface area contributed by atoms with E-state index in [1.807, 2.05) is 12.1 Å². The molecule has 0 atom stereocenters. The number of hydrogen-bond acceptors (Lipinski definition) is 4. The summed E-state index contributed by atoms with van der Waals surface area (Å²) in [7, 11) is 0. The molecule has 3 aromatic rings. The maximum Gasteiger partial charge on any atom is 0.255 e. The number of carbonyl (C=O) groups excluding carboxylic acids is 2. The first kappa shape index (κ1) is 17.5. The van der Waals surface area contributed by atoms with E-state index in [0.717, 1.165) is 12.0 Å². The van der Waals surface area contributed by atoms with Gasteiger partial charge < -0.3 is 16.4 Å². The van der Waals surface area contributed by atoms with Gasteiger partial charge in [-0.25, -0.2) is 0 Å². The average molecular weight is 366 g/mol. The molecule has 0 aliphatic carbocycles. The Morgan fingerprint density at radius 3 is 2.42 bits per heavy atom. The quantitative estimate of drug-likeness (QED) is 0.450. The van der Waals surface area contributed by atoms with E-state index in [-0.39, 0.29) is 5.91 Å². The Morgan fingerprint density at radius 1 is 0.962 bits per heavy atom. The lowest BCUT2D eigenvalue weighted by Crippen LogP contribution is -2.12. The van der Waals surface area contributed by atoms with Gasteiger partial charge in [0.05, 0.1) is 11.4 Å². The number of hydrogen-bond donors (Lipinski definition) is 3. The predicted molar refractivity (Wildman–Crippen MR) is 105 cm³/mol. The van der Waals surface area contributed by atoms with Crippen molar-refractivity contribution in [1.82, 2.24) is 0 Å². The van der Waals surface area contributed by atoms with Gasteiger partial charge in [0.1, 0.15) is 6.29 Å². The molecule has 0 unspecified atom stereocenters. The highest BCUT2D eigenvalue weighted by Crippen LogP contribution is 2.26. The lowest BCUT2D eigenvalue weighted by molar-refractivity contribution is 0.102. The van der Waals surface area contributed by atoms with E-state index in [0.29, 0.717) is 33.2 Å². The molecule has 0 heterocycles. The van der Waals surface area contributed by atoms with Crippen molar-refractivity contribution in [3.63, 3.8) is 0 Å². The normalized spacial score (nSPS) is 10.2. The summed E-state index contributed by atoms with van der Waals surface area (Å²) in [5.74, 6) is -0.280. The van der Waals surface area contributed by atoms with Crippen molar-refractivity contribution >= 4 is 46.5 Å². The maximum atomic E-state index is 12.5. The fraction of sp³-hybridized carbons (Fsp3) is 0. The van der Waals surface area contributed by atoms with E-state index in [9.17, 15) is 9.59 Å². The highest BCUT2D eigenvalue weighted by Gasteiger charge is 2.10. The standard InChI is InChI=1S/C20H16ClN3O2/c21-15-2-1-3-17(11-15)23-19-10-14(6-9-18(19)22)20(26)24-16-7-4-13(12-25)5-8-16/h1-12,23H,22H2,(H,24,26). The number of halogens is 1. The molecule has 0 saturated carbocycles. The van der Waals surface area contributed by atoms with Crippen LogP contribution in [0, 0.1) is 0 Å². The SMILES string of the molecule is Nc1ccc(C(=O)Nc2ccc(C=O)cc2)cc1Nc1cccc(Cl)c1. The molecule has 0 bridgehead atoms. The van der Waals surface area contributed by atoms with Crippen LogP contribution in [0.25, 0.3) is 0 Å². The predicted octanol–water partition coefficient (Wildman–Crippen LogP) is 4.73. The monoisotopic (exact) mass is 365 g/mol. The molecule has 1 amide bonds. The first-order chi connectivity index (χ1) is 12.5. The second-order valence-corrected chi connectivity index (χ2v) is 6.07. The second kappa shape index (κ2) is 7.72. The molecule has 4 N–H and O–H groups in total. The zero-order chi connectivity index (χ0) is 18.5. The first-order valence-corrected chi connectivity index (χ1v) is 8.21. The summed E-state index contributed by atoms with van der Waals surface area (Å²) < 4.78 is 0. The molecule has 26 heavy (non-hydrogen) atoms. The van der Waals surface area contributed by atoms with Crippen LogP contribution in [0.3, 0.4) is 0 Å². The van der Waals surface area contributed by atoms with Gasteiger partial charge in [0.2, 0.25) is 0 Å². The van der Waals surface area contributed by atoms with Crippen molar-refractivity contribution in [3.05, 3.63) is 82.9 Å². The van der Waals surface area contributed by atoms with Gasteiger partial charge in [-0.15, -0.1) is 0 Å². The minimum atomic E-state index is -0.280. The smallest absolute Gasteiger partial charge is 0.255 e. The summed E-state index contributed by atoms with van der Waals surface area (Å²) >= 11 is 5.99. The number of carbonyl (C=O) groups is 2. The second-order valence-electron chi connectivity index (χ2n) is 5.63. The maximum absolute atomic E-state index is 12.5. The van der Waals surface area contributed by atoms with Gasteiger partial charge in [0.15, 0.2) is 0 Å². The number of anilines is 4. The molecule has 6 heteroatoms. The third-order valence-electron chi connectivity index (χ3n) is 3.72. The van der Waals surface area contributed by atoms with Gasteiger partial charge >= 0.3 is 0 Å². The molecule has 5 nitrogen and oxygen atoms in total. The highest BCUT2D eigenvalue weighted by atomic mass is 35.5. The van der Waals surface area contributed by atoms with Crippen molar-refractivity contribution in [1.29, 1.82) is 0 Å². The number of nitrogens with one attached hydrogen (secondary N) is 2. The van der Waals surface area contributed by atoms with Gasteiger partial charge in [0.25, 0.3) is 5.91 Å². The molecular formula is C20H16ClN3O2. The van der Waals surface area contributed by atoms with Crippen molar-refractivity contribution in [3.8, 4) is 0 Å². The third-order valence-corrected chi connectivity index (χ3v) is 3.96. The van der Waals surface area contributed by atoms with Crippen LogP contribution in [-0.4, -0.2) is 12.2 Å². The van der Waals surface area contributed by atoms with Crippen molar-refractivity contribution in [2.45, 2.75) is 0 Å². The number of nitrogens with two attached hydrogens (primary N) is 1. The van der Waals surface area contributed by atoms with Crippen molar-refractivity contribution < 1.29 is 9.59 Å². The number of rotatable bonds is 5. The molecule has 0 spiro atoms. The van der Waals surface area contributed by atoms with Gasteiger partial charge in [-0.3, -0.25) is 9.59 Å². The number of amides is 1. The van der Waals surface area contributed by atoms with E-state index in [2.05, 4.69) is 10.6 Å². The Bertz CT molecular complexity index is 956. The Labute approximate surface area is 155 Å². The van der Waals surface area contributed by atoms with Crippen LogP contribution in [-0.2, 0) is 0 Å². The van der Waals surface area contributed by atoms with Crippen LogP contribution in [0.4, 0.5) is 22.7 Å². The van der Waals surface area contributed by atoms with Crippen LogP contribution in [0.1, 0.15) is 20.7 Å². The van der Waals surface area contributed by atoms with Crippen LogP contribution in [0.5, 0.6) is 0 Å². The van der Waals surface area contributed by atoms with Gasteiger partial charge in [0, 0.05) is 27.5 Å². The topological polar surface area (TPSA) is 84.2 Å². The van der Waals surface area contributed by atoms with E-state index in [1.165, 1.54) is 0 Å². The molecular weight excluding hydrogens is 350 g/mol. The summed E-state index contributed by atoms with van der Waals surface area (Å²) in [5.41, 5.74) is 9.48. The Hall–Kier alpha value is -3.31. The first-order valence-electron chi connectivity index (χ1n) is 7.84. The van der Waals surface area contributed by atoms with Crippen molar-refractivity contribution in [2.24, 2.45) is 0 Å². The summed E-state index contributed by atoms with van der Waals surface area (Å²) in [6.07, 6.45) is 0.749. The van der Waals surface area contributed by atoms with Gasteiger partial charge in [-0.1, -0.05) is 17.7 Å². The molecule has 0 radical (unpaired) electrons. The van der Waals surface area contributed by atoms with E-state index in [4.69, 9.17) is 17.3 Å². The fourth-order valence-corrected chi connectivity index (χ4v) is 2.57. The molecule has 0 fully saturated rings.